The summed E-state index contributed by atoms with van der Waals surface area (Å²) in [5.74, 6) is 1.85. The van der Waals surface area contributed by atoms with E-state index in [1.165, 1.54) is 0 Å². The fraction of sp³-hybridized carbons (Fsp3) is 0.615. The Kier molecular flexibility index (Phi) is 3.71. The smallest absolute Gasteiger partial charge is 0.151 e. The number of anilines is 1. The second-order valence-electron chi connectivity index (χ2n) is 5.01. The Bertz CT molecular complexity index is 376. The lowest BCUT2D eigenvalue weighted by Crippen LogP contribution is -2.34. The largest absolute Gasteiger partial charge is 0.354 e. The van der Waals surface area contributed by atoms with Gasteiger partial charge in [0.1, 0.15) is 5.78 Å². The second kappa shape index (κ2) is 5.25. The maximum Gasteiger partial charge on any atom is 0.151 e. The van der Waals surface area contributed by atoms with E-state index in [1.54, 1.807) is 0 Å². The van der Waals surface area contributed by atoms with Crippen molar-refractivity contribution in [3.8, 4) is 0 Å². The predicted octanol–water partition coefficient (Wildman–Crippen LogP) is 1.84. The van der Waals surface area contributed by atoms with E-state index in [0.29, 0.717) is 24.5 Å². The maximum atomic E-state index is 11.2. The number of carbonyl (C=O) groups excluding carboxylic acids is 1. The molecule has 4 nitrogen and oxygen atoms in total. The standard InChI is InChI=1S/C13H19N3O/c1-10(2)9-11-3-4-13(15-14-11)16-7-5-12(17)6-8-16/h3-4,10H,5-9H2,1-2H3. The Hall–Kier alpha value is -1.45. The summed E-state index contributed by atoms with van der Waals surface area (Å²) in [5, 5.41) is 8.48. The van der Waals surface area contributed by atoms with Crippen LogP contribution in [-0.2, 0) is 11.2 Å². The quantitative estimate of drug-likeness (QED) is 0.799. The van der Waals surface area contributed by atoms with Gasteiger partial charge in [0.05, 0.1) is 5.69 Å². The fourth-order valence-electron chi connectivity index (χ4n) is 2.03. The summed E-state index contributed by atoms with van der Waals surface area (Å²) >= 11 is 0. The van der Waals surface area contributed by atoms with Crippen LogP contribution < -0.4 is 4.90 Å². The third-order valence-electron chi connectivity index (χ3n) is 2.97. The lowest BCUT2D eigenvalue weighted by atomic mass is 10.1. The molecule has 0 amide bonds. The molecule has 92 valence electrons. The van der Waals surface area contributed by atoms with Crippen molar-refractivity contribution >= 4 is 11.6 Å². The first-order chi connectivity index (χ1) is 8.15. The number of Topliss-reactive ketones (excluding diaryl/α,β-unsaturated/α-hetero) is 1. The average molecular weight is 233 g/mol. The number of rotatable bonds is 3. The number of hydrogen-bond donors (Lipinski definition) is 0. The van der Waals surface area contributed by atoms with Crippen molar-refractivity contribution in [2.24, 2.45) is 5.92 Å². The first kappa shape index (κ1) is 12.0. The third-order valence-corrected chi connectivity index (χ3v) is 2.97. The first-order valence-corrected chi connectivity index (χ1v) is 6.24. The van der Waals surface area contributed by atoms with Crippen molar-refractivity contribution in [2.75, 3.05) is 18.0 Å². The van der Waals surface area contributed by atoms with Gasteiger partial charge in [0.15, 0.2) is 5.82 Å². The molecule has 0 atom stereocenters. The molecule has 0 radical (unpaired) electrons. The van der Waals surface area contributed by atoms with Crippen LogP contribution >= 0.6 is 0 Å². The van der Waals surface area contributed by atoms with Crippen molar-refractivity contribution < 1.29 is 4.79 Å². The minimum Gasteiger partial charge on any atom is -0.354 e. The highest BCUT2D eigenvalue weighted by Gasteiger charge is 2.17. The summed E-state index contributed by atoms with van der Waals surface area (Å²) in [6.45, 7) is 5.89. The maximum absolute atomic E-state index is 11.2. The van der Waals surface area contributed by atoms with E-state index < -0.39 is 0 Å². The fourth-order valence-corrected chi connectivity index (χ4v) is 2.03. The summed E-state index contributed by atoms with van der Waals surface area (Å²) in [7, 11) is 0. The molecule has 17 heavy (non-hydrogen) atoms. The van der Waals surface area contributed by atoms with Gasteiger partial charge in [0.2, 0.25) is 0 Å². The Morgan fingerprint density at radius 3 is 2.47 bits per heavy atom. The Morgan fingerprint density at radius 1 is 1.24 bits per heavy atom. The zero-order valence-electron chi connectivity index (χ0n) is 10.5. The molecule has 1 aromatic rings. The molecule has 0 unspecified atom stereocenters. The van der Waals surface area contributed by atoms with Gasteiger partial charge >= 0.3 is 0 Å². The minimum absolute atomic E-state index is 0.352. The Morgan fingerprint density at radius 2 is 1.94 bits per heavy atom. The van der Waals surface area contributed by atoms with Gasteiger partial charge in [0, 0.05) is 25.9 Å². The highest BCUT2D eigenvalue weighted by molar-refractivity contribution is 5.80. The molecule has 0 aromatic carbocycles. The third kappa shape index (κ3) is 3.25. The summed E-state index contributed by atoms with van der Waals surface area (Å²) in [4.78, 5) is 13.3. The number of nitrogens with zero attached hydrogens (tertiary/aromatic N) is 3. The normalized spacial score (nSPS) is 16.6. The van der Waals surface area contributed by atoms with Gasteiger partial charge in [-0.2, -0.15) is 5.10 Å². The molecule has 0 spiro atoms. The van der Waals surface area contributed by atoms with Crippen molar-refractivity contribution in [1.82, 2.24) is 10.2 Å². The summed E-state index contributed by atoms with van der Waals surface area (Å²) in [6, 6.07) is 4.05. The van der Waals surface area contributed by atoms with Crippen molar-refractivity contribution in [2.45, 2.75) is 33.1 Å². The van der Waals surface area contributed by atoms with Crippen molar-refractivity contribution in [3.05, 3.63) is 17.8 Å². The van der Waals surface area contributed by atoms with Crippen LogP contribution in [0, 0.1) is 5.92 Å². The lowest BCUT2D eigenvalue weighted by molar-refractivity contribution is -0.119. The summed E-state index contributed by atoms with van der Waals surface area (Å²) in [6.07, 6.45) is 2.23. The van der Waals surface area contributed by atoms with E-state index in [4.69, 9.17) is 0 Å². The molecule has 4 heteroatoms. The van der Waals surface area contributed by atoms with E-state index >= 15 is 0 Å². The summed E-state index contributed by atoms with van der Waals surface area (Å²) in [5.41, 5.74) is 1.04. The molecule has 1 saturated heterocycles. The number of ketones is 1. The monoisotopic (exact) mass is 233 g/mol. The van der Waals surface area contributed by atoms with Crippen LogP contribution in [0.1, 0.15) is 32.4 Å². The van der Waals surface area contributed by atoms with E-state index in [2.05, 4.69) is 28.9 Å². The molecule has 2 heterocycles. The zero-order valence-corrected chi connectivity index (χ0v) is 10.5. The molecule has 0 saturated carbocycles. The van der Waals surface area contributed by atoms with Crippen LogP contribution in [0.4, 0.5) is 5.82 Å². The molecule has 0 aliphatic carbocycles. The van der Waals surface area contributed by atoms with Crippen molar-refractivity contribution in [3.63, 3.8) is 0 Å². The van der Waals surface area contributed by atoms with Crippen molar-refractivity contribution in [1.29, 1.82) is 0 Å². The zero-order chi connectivity index (χ0) is 12.3. The van der Waals surface area contributed by atoms with Gasteiger partial charge in [-0.15, -0.1) is 5.10 Å². The van der Waals surface area contributed by atoms with Gasteiger partial charge in [-0.1, -0.05) is 13.8 Å². The molecule has 1 aliphatic heterocycles. The molecule has 1 aromatic heterocycles. The van der Waals surface area contributed by atoms with E-state index in [-0.39, 0.29) is 0 Å². The van der Waals surface area contributed by atoms with E-state index in [0.717, 1.165) is 31.0 Å². The van der Waals surface area contributed by atoms with Gasteiger partial charge in [-0.05, 0) is 24.5 Å². The van der Waals surface area contributed by atoms with E-state index in [1.807, 2.05) is 12.1 Å². The number of hydrogen-bond acceptors (Lipinski definition) is 4. The first-order valence-electron chi connectivity index (χ1n) is 6.24. The molecular weight excluding hydrogens is 214 g/mol. The minimum atomic E-state index is 0.352. The van der Waals surface area contributed by atoms with Crippen LogP contribution in [0.15, 0.2) is 12.1 Å². The van der Waals surface area contributed by atoms with Crippen LogP contribution in [0.5, 0.6) is 0 Å². The SMILES string of the molecule is CC(C)Cc1ccc(N2CCC(=O)CC2)nn1. The molecule has 0 bridgehead atoms. The summed E-state index contributed by atoms with van der Waals surface area (Å²) < 4.78 is 0. The highest BCUT2D eigenvalue weighted by atomic mass is 16.1. The predicted molar refractivity (Wildman–Crippen MR) is 67.0 cm³/mol. The van der Waals surface area contributed by atoms with E-state index in [9.17, 15) is 4.79 Å². The van der Waals surface area contributed by atoms with Crippen LogP contribution in [0.3, 0.4) is 0 Å². The molecule has 0 N–H and O–H groups in total. The molecule has 1 aliphatic rings. The van der Waals surface area contributed by atoms with Crippen LogP contribution in [0.25, 0.3) is 0 Å². The highest BCUT2D eigenvalue weighted by Crippen LogP contribution is 2.15. The second-order valence-corrected chi connectivity index (χ2v) is 5.01. The molecule has 2 rings (SSSR count). The Balaban J connectivity index is 2.00. The van der Waals surface area contributed by atoms with Gasteiger partial charge in [-0.25, -0.2) is 0 Å². The Labute approximate surface area is 102 Å². The van der Waals surface area contributed by atoms with Crippen LogP contribution in [-0.4, -0.2) is 29.1 Å². The van der Waals surface area contributed by atoms with Gasteiger partial charge < -0.3 is 4.90 Å². The number of piperidine rings is 1. The average Bonchev–Trinajstić information content (AvgIpc) is 2.30. The number of carbonyl (C=O) groups is 1. The van der Waals surface area contributed by atoms with Crippen LogP contribution in [0.2, 0.25) is 0 Å². The lowest BCUT2D eigenvalue weighted by Gasteiger charge is -2.26. The van der Waals surface area contributed by atoms with Gasteiger partial charge in [-0.3, -0.25) is 4.79 Å². The number of aromatic nitrogens is 2. The molecule has 1 fully saturated rings. The topological polar surface area (TPSA) is 46.1 Å². The molecular formula is C13H19N3O. The van der Waals surface area contributed by atoms with Gasteiger partial charge in [0.25, 0.3) is 0 Å².